The summed E-state index contributed by atoms with van der Waals surface area (Å²) in [5.41, 5.74) is 0. The van der Waals surface area contributed by atoms with Gasteiger partial charge < -0.3 is 10.1 Å². The predicted octanol–water partition coefficient (Wildman–Crippen LogP) is 0.293. The molecule has 1 saturated carbocycles. The summed E-state index contributed by atoms with van der Waals surface area (Å²) in [5, 5.41) is 2.94. The average Bonchev–Trinajstić information content (AvgIpc) is 2.95. The third-order valence-electron chi connectivity index (χ3n) is 3.21. The van der Waals surface area contributed by atoms with Crippen LogP contribution in [0.25, 0.3) is 0 Å². The molecular formula is C12H20N2O3. The number of ether oxygens (including phenoxy) is 1. The topological polar surface area (TPSA) is 58.6 Å². The molecule has 0 aromatic carbocycles. The Morgan fingerprint density at radius 1 is 1.35 bits per heavy atom. The lowest BCUT2D eigenvalue weighted by Crippen LogP contribution is -2.44. The minimum atomic E-state index is -0.222. The molecule has 0 radical (unpaired) electrons. The van der Waals surface area contributed by atoms with Crippen molar-refractivity contribution in [3.05, 3.63) is 0 Å². The van der Waals surface area contributed by atoms with Crippen LogP contribution in [0.4, 0.5) is 0 Å². The molecule has 0 aromatic heterocycles. The molecular weight excluding hydrogens is 220 g/mol. The molecule has 1 aliphatic carbocycles. The van der Waals surface area contributed by atoms with Crippen molar-refractivity contribution in [1.82, 2.24) is 10.2 Å². The lowest BCUT2D eigenvalue weighted by molar-refractivity contribution is -0.148. The van der Waals surface area contributed by atoms with Crippen molar-refractivity contribution in [2.75, 3.05) is 19.7 Å². The Balaban J connectivity index is 1.81. The van der Waals surface area contributed by atoms with Crippen LogP contribution in [0.3, 0.4) is 0 Å². The zero-order valence-electron chi connectivity index (χ0n) is 10.3. The first-order chi connectivity index (χ1) is 8.20. The summed E-state index contributed by atoms with van der Waals surface area (Å²) in [6.07, 6.45) is 3.94. The number of nitrogens with zero attached hydrogens (tertiary/aromatic N) is 1. The van der Waals surface area contributed by atoms with Crippen LogP contribution in [0.5, 0.6) is 0 Å². The van der Waals surface area contributed by atoms with Gasteiger partial charge in [-0.3, -0.25) is 14.5 Å². The minimum absolute atomic E-state index is 0.0312. The second-order valence-electron chi connectivity index (χ2n) is 4.72. The monoisotopic (exact) mass is 240 g/mol. The Morgan fingerprint density at radius 2 is 2.12 bits per heavy atom. The van der Waals surface area contributed by atoms with E-state index in [0.717, 1.165) is 32.2 Å². The van der Waals surface area contributed by atoms with E-state index in [9.17, 15) is 9.59 Å². The van der Waals surface area contributed by atoms with Gasteiger partial charge >= 0.3 is 5.97 Å². The Kier molecular flexibility index (Phi) is 3.99. The van der Waals surface area contributed by atoms with Gasteiger partial charge in [0.15, 0.2) is 0 Å². The van der Waals surface area contributed by atoms with Gasteiger partial charge in [0.05, 0.1) is 13.2 Å². The summed E-state index contributed by atoms with van der Waals surface area (Å²) in [4.78, 5) is 25.3. The number of hydrogen-bond acceptors (Lipinski definition) is 4. The second-order valence-corrected chi connectivity index (χ2v) is 4.72. The predicted molar refractivity (Wildman–Crippen MR) is 62.4 cm³/mol. The standard InChI is InChI=1S/C12H20N2O3/c1-2-17-12(16)10-4-3-7-14(10)8-11(15)13-9-5-6-9/h9-10H,2-8H2,1H3,(H,13,15). The Hall–Kier alpha value is -1.10. The molecule has 96 valence electrons. The normalized spacial score (nSPS) is 24.6. The third kappa shape index (κ3) is 3.43. The van der Waals surface area contributed by atoms with Gasteiger partial charge in [-0.15, -0.1) is 0 Å². The van der Waals surface area contributed by atoms with Gasteiger partial charge in [0, 0.05) is 6.04 Å². The van der Waals surface area contributed by atoms with Gasteiger partial charge in [0.1, 0.15) is 6.04 Å². The quantitative estimate of drug-likeness (QED) is 0.702. The minimum Gasteiger partial charge on any atom is -0.465 e. The van der Waals surface area contributed by atoms with Gasteiger partial charge in [-0.1, -0.05) is 0 Å². The van der Waals surface area contributed by atoms with Crippen molar-refractivity contribution in [3.8, 4) is 0 Å². The molecule has 1 unspecified atom stereocenters. The van der Waals surface area contributed by atoms with Crippen molar-refractivity contribution in [2.45, 2.75) is 44.7 Å². The highest BCUT2D eigenvalue weighted by Gasteiger charge is 2.33. The van der Waals surface area contributed by atoms with Crippen LogP contribution in [0.1, 0.15) is 32.6 Å². The van der Waals surface area contributed by atoms with Crippen molar-refractivity contribution < 1.29 is 14.3 Å². The van der Waals surface area contributed by atoms with Gasteiger partial charge in [-0.05, 0) is 39.2 Å². The zero-order chi connectivity index (χ0) is 12.3. The maximum atomic E-state index is 11.7. The molecule has 1 atom stereocenters. The van der Waals surface area contributed by atoms with Gasteiger partial charge in [0.2, 0.25) is 5.91 Å². The molecule has 2 fully saturated rings. The molecule has 1 saturated heterocycles. The molecule has 5 heteroatoms. The van der Waals surface area contributed by atoms with E-state index >= 15 is 0 Å². The summed E-state index contributed by atoms with van der Waals surface area (Å²) >= 11 is 0. The number of hydrogen-bond donors (Lipinski definition) is 1. The second kappa shape index (κ2) is 5.49. The lowest BCUT2D eigenvalue weighted by atomic mass is 10.2. The molecule has 2 aliphatic rings. The highest BCUT2D eigenvalue weighted by Crippen LogP contribution is 2.20. The van der Waals surface area contributed by atoms with Crippen molar-refractivity contribution >= 4 is 11.9 Å². The molecule has 1 amide bonds. The van der Waals surface area contributed by atoms with Crippen LogP contribution in [0.15, 0.2) is 0 Å². The Labute approximate surface area is 101 Å². The van der Waals surface area contributed by atoms with Crippen LogP contribution in [-0.4, -0.2) is 48.6 Å². The Morgan fingerprint density at radius 3 is 2.76 bits per heavy atom. The highest BCUT2D eigenvalue weighted by atomic mass is 16.5. The van der Waals surface area contributed by atoms with E-state index in [2.05, 4.69) is 5.32 Å². The van der Waals surface area contributed by atoms with E-state index in [-0.39, 0.29) is 17.9 Å². The van der Waals surface area contributed by atoms with E-state index in [4.69, 9.17) is 4.74 Å². The number of carbonyl (C=O) groups is 2. The summed E-state index contributed by atoms with van der Waals surface area (Å²) < 4.78 is 5.02. The number of likely N-dealkylation sites (tertiary alicyclic amines) is 1. The highest BCUT2D eigenvalue weighted by molar-refractivity contribution is 5.81. The summed E-state index contributed by atoms with van der Waals surface area (Å²) in [5.74, 6) is -0.159. The number of amides is 1. The van der Waals surface area contributed by atoms with E-state index in [1.165, 1.54) is 0 Å². The van der Waals surface area contributed by atoms with Crippen molar-refractivity contribution in [2.24, 2.45) is 0 Å². The molecule has 0 spiro atoms. The number of carbonyl (C=O) groups excluding carboxylic acids is 2. The molecule has 0 aromatic rings. The number of esters is 1. The maximum Gasteiger partial charge on any atom is 0.323 e. The van der Waals surface area contributed by atoms with E-state index < -0.39 is 0 Å². The van der Waals surface area contributed by atoms with Gasteiger partial charge in [0.25, 0.3) is 0 Å². The van der Waals surface area contributed by atoms with Crippen LogP contribution in [0, 0.1) is 0 Å². The molecule has 2 rings (SSSR count). The third-order valence-corrected chi connectivity index (χ3v) is 3.21. The molecule has 17 heavy (non-hydrogen) atoms. The number of nitrogens with one attached hydrogen (secondary N) is 1. The molecule has 1 N–H and O–H groups in total. The first-order valence-electron chi connectivity index (χ1n) is 6.40. The molecule has 1 heterocycles. The van der Waals surface area contributed by atoms with Crippen molar-refractivity contribution in [3.63, 3.8) is 0 Å². The molecule has 5 nitrogen and oxygen atoms in total. The SMILES string of the molecule is CCOC(=O)C1CCCN1CC(=O)NC1CC1. The fraction of sp³-hybridized carbons (Fsp3) is 0.833. The molecule has 1 aliphatic heterocycles. The van der Waals surface area contributed by atoms with Crippen LogP contribution in [-0.2, 0) is 14.3 Å². The summed E-state index contributed by atoms with van der Waals surface area (Å²) in [6.45, 7) is 3.33. The fourth-order valence-electron chi connectivity index (χ4n) is 2.21. The van der Waals surface area contributed by atoms with Crippen LogP contribution >= 0.6 is 0 Å². The lowest BCUT2D eigenvalue weighted by Gasteiger charge is -2.22. The van der Waals surface area contributed by atoms with E-state index in [0.29, 0.717) is 19.2 Å². The van der Waals surface area contributed by atoms with Gasteiger partial charge in [-0.25, -0.2) is 0 Å². The largest absolute Gasteiger partial charge is 0.465 e. The smallest absolute Gasteiger partial charge is 0.323 e. The van der Waals surface area contributed by atoms with Crippen LogP contribution in [0.2, 0.25) is 0 Å². The summed E-state index contributed by atoms with van der Waals surface area (Å²) in [6, 6.07) is 0.158. The van der Waals surface area contributed by atoms with E-state index in [1.54, 1.807) is 6.92 Å². The maximum absolute atomic E-state index is 11.7. The van der Waals surface area contributed by atoms with E-state index in [1.807, 2.05) is 4.90 Å². The molecule has 0 bridgehead atoms. The fourth-order valence-corrected chi connectivity index (χ4v) is 2.21. The summed E-state index contributed by atoms with van der Waals surface area (Å²) in [7, 11) is 0. The average molecular weight is 240 g/mol. The first kappa shape index (κ1) is 12.4. The Bertz CT molecular complexity index is 302. The van der Waals surface area contributed by atoms with Gasteiger partial charge in [-0.2, -0.15) is 0 Å². The van der Waals surface area contributed by atoms with Crippen molar-refractivity contribution in [1.29, 1.82) is 0 Å². The zero-order valence-corrected chi connectivity index (χ0v) is 10.3. The van der Waals surface area contributed by atoms with Crippen LogP contribution < -0.4 is 5.32 Å². The number of rotatable bonds is 5. The first-order valence-corrected chi connectivity index (χ1v) is 6.40.